The molecule has 8 heteroatoms. The van der Waals surface area contributed by atoms with Crippen LogP contribution in [-0.4, -0.2) is 65.4 Å². The van der Waals surface area contributed by atoms with Crippen molar-refractivity contribution in [3.63, 3.8) is 0 Å². The summed E-state index contributed by atoms with van der Waals surface area (Å²) in [6, 6.07) is 7.89. The number of carbonyl (C=O) groups is 2. The first kappa shape index (κ1) is 18.4. The average Bonchev–Trinajstić information content (AvgIpc) is 3.41. The number of nitrogens with zero attached hydrogens (tertiary/aromatic N) is 5. The van der Waals surface area contributed by atoms with Crippen LogP contribution in [0.5, 0.6) is 0 Å². The summed E-state index contributed by atoms with van der Waals surface area (Å²) in [5, 5.41) is 9.18. The Morgan fingerprint density at radius 2 is 2.14 bits per heavy atom. The molecule has 2 bridgehead atoms. The Kier molecular flexibility index (Phi) is 4.76. The number of anilines is 1. The minimum absolute atomic E-state index is 0.0162. The highest BCUT2D eigenvalue weighted by molar-refractivity contribution is 6.01. The van der Waals surface area contributed by atoms with Crippen molar-refractivity contribution in [3.05, 3.63) is 35.7 Å². The molecule has 0 aromatic heterocycles. The molecule has 8 nitrogen and oxygen atoms in total. The number of amides is 2. The lowest BCUT2D eigenvalue weighted by atomic mass is 10.1. The standard InChI is InChI=1S/C20H22N6O2/c1-23-13-4-6-14(7-5-13)26-16-9-18(20(26)28)24(11-16)12-17(22)19(27)25-8-2-3-15(25)10-21/h4-7,15-18H,2-3,8-9,11-12,22H2/t15-,16?,17-,18-/m0/s1. The zero-order chi connectivity index (χ0) is 19.8. The van der Waals surface area contributed by atoms with Gasteiger partial charge in [-0.3, -0.25) is 14.5 Å². The highest BCUT2D eigenvalue weighted by Gasteiger charge is 2.50. The number of piperazine rings is 1. The maximum Gasteiger partial charge on any atom is 0.244 e. The number of fused-ring (bicyclic) bond motifs is 2. The molecule has 28 heavy (non-hydrogen) atoms. The van der Waals surface area contributed by atoms with Crippen LogP contribution < -0.4 is 10.6 Å². The van der Waals surface area contributed by atoms with Crippen molar-refractivity contribution in [3.8, 4) is 6.07 Å². The number of nitrogens with two attached hydrogens (primary N) is 1. The van der Waals surface area contributed by atoms with Crippen molar-refractivity contribution in [2.75, 3.05) is 24.5 Å². The van der Waals surface area contributed by atoms with Gasteiger partial charge in [-0.05, 0) is 31.4 Å². The van der Waals surface area contributed by atoms with Crippen LogP contribution >= 0.6 is 0 Å². The van der Waals surface area contributed by atoms with Gasteiger partial charge >= 0.3 is 0 Å². The SMILES string of the molecule is [C-]#[N+]c1ccc(N2C(=O)[C@@H]3CC2CN3C[C@H](N)C(=O)N2CCC[C@H]2C#N)cc1. The van der Waals surface area contributed by atoms with Gasteiger partial charge in [0.25, 0.3) is 0 Å². The van der Waals surface area contributed by atoms with Crippen molar-refractivity contribution < 1.29 is 9.59 Å². The number of hydrogen-bond donors (Lipinski definition) is 1. The molecule has 0 saturated carbocycles. The van der Waals surface area contributed by atoms with Crippen LogP contribution in [0.4, 0.5) is 11.4 Å². The fourth-order valence-electron chi connectivity index (χ4n) is 4.60. The molecule has 3 aliphatic heterocycles. The van der Waals surface area contributed by atoms with E-state index in [9.17, 15) is 14.9 Å². The lowest BCUT2D eigenvalue weighted by Crippen LogP contribution is -2.56. The Balaban J connectivity index is 1.40. The van der Waals surface area contributed by atoms with Crippen LogP contribution in [0.2, 0.25) is 0 Å². The van der Waals surface area contributed by atoms with Crippen LogP contribution in [-0.2, 0) is 9.59 Å². The van der Waals surface area contributed by atoms with Crippen molar-refractivity contribution in [1.29, 1.82) is 5.26 Å². The van der Waals surface area contributed by atoms with Gasteiger partial charge in [0.1, 0.15) is 6.04 Å². The smallest absolute Gasteiger partial charge is 0.244 e. The van der Waals surface area contributed by atoms with E-state index < -0.39 is 6.04 Å². The summed E-state index contributed by atoms with van der Waals surface area (Å²) < 4.78 is 0. The van der Waals surface area contributed by atoms with Gasteiger partial charge in [0.2, 0.25) is 11.8 Å². The van der Waals surface area contributed by atoms with Gasteiger partial charge in [0.05, 0.1) is 30.8 Å². The van der Waals surface area contributed by atoms with Gasteiger partial charge in [-0.25, -0.2) is 4.85 Å². The van der Waals surface area contributed by atoms with Gasteiger partial charge in [-0.15, -0.1) is 0 Å². The second kappa shape index (κ2) is 7.23. The van der Waals surface area contributed by atoms with Gasteiger partial charge in [-0.1, -0.05) is 12.1 Å². The molecule has 0 spiro atoms. The van der Waals surface area contributed by atoms with E-state index in [2.05, 4.69) is 10.9 Å². The van der Waals surface area contributed by atoms with Gasteiger partial charge in [0.15, 0.2) is 5.69 Å². The molecule has 1 aromatic carbocycles. The Morgan fingerprint density at radius 1 is 1.39 bits per heavy atom. The monoisotopic (exact) mass is 378 g/mol. The first-order chi connectivity index (χ1) is 13.5. The van der Waals surface area contributed by atoms with E-state index in [1.807, 2.05) is 4.90 Å². The Hall–Kier alpha value is -2.94. The third-order valence-corrected chi connectivity index (χ3v) is 5.96. The fourth-order valence-corrected chi connectivity index (χ4v) is 4.60. The first-order valence-corrected chi connectivity index (χ1v) is 9.54. The lowest BCUT2D eigenvalue weighted by molar-refractivity contribution is -0.134. The molecule has 0 radical (unpaired) electrons. The highest BCUT2D eigenvalue weighted by Crippen LogP contribution is 2.36. The molecular formula is C20H22N6O2. The molecule has 3 aliphatic rings. The van der Waals surface area contributed by atoms with E-state index in [0.29, 0.717) is 31.7 Å². The summed E-state index contributed by atoms with van der Waals surface area (Å²) in [6.07, 6.45) is 2.24. The maximum atomic E-state index is 12.9. The number of nitriles is 1. The third-order valence-electron chi connectivity index (χ3n) is 5.96. The van der Waals surface area contributed by atoms with Crippen LogP contribution in [0.15, 0.2) is 24.3 Å². The molecule has 4 atom stereocenters. The second-order valence-corrected chi connectivity index (χ2v) is 7.62. The Morgan fingerprint density at radius 3 is 2.79 bits per heavy atom. The average molecular weight is 378 g/mol. The van der Waals surface area contributed by atoms with Gasteiger partial charge in [-0.2, -0.15) is 5.26 Å². The molecule has 4 rings (SSSR count). The normalized spacial score (nSPS) is 27.7. The van der Waals surface area contributed by atoms with E-state index in [0.717, 1.165) is 18.5 Å². The summed E-state index contributed by atoms with van der Waals surface area (Å²) in [5.41, 5.74) is 7.50. The van der Waals surface area contributed by atoms with E-state index in [4.69, 9.17) is 12.3 Å². The van der Waals surface area contributed by atoms with Crippen molar-refractivity contribution in [2.45, 2.75) is 43.4 Å². The molecule has 1 aromatic rings. The molecule has 144 valence electrons. The summed E-state index contributed by atoms with van der Waals surface area (Å²) >= 11 is 0. The maximum absolute atomic E-state index is 12.9. The van der Waals surface area contributed by atoms with Crippen molar-refractivity contribution in [1.82, 2.24) is 9.80 Å². The minimum atomic E-state index is -0.729. The van der Waals surface area contributed by atoms with Crippen LogP contribution in [0.3, 0.4) is 0 Å². The Bertz CT molecular complexity index is 870. The lowest BCUT2D eigenvalue weighted by Gasteiger charge is -2.35. The fraction of sp³-hybridized carbons (Fsp3) is 0.500. The van der Waals surface area contributed by atoms with Crippen LogP contribution in [0.25, 0.3) is 4.85 Å². The minimum Gasteiger partial charge on any atom is -0.325 e. The van der Waals surface area contributed by atoms with E-state index in [1.54, 1.807) is 34.1 Å². The number of rotatable bonds is 4. The molecule has 2 amide bonds. The van der Waals surface area contributed by atoms with Gasteiger partial charge in [0, 0.05) is 25.3 Å². The molecule has 3 heterocycles. The summed E-state index contributed by atoms with van der Waals surface area (Å²) in [7, 11) is 0. The number of benzene rings is 1. The van der Waals surface area contributed by atoms with E-state index in [1.165, 1.54) is 0 Å². The third kappa shape index (κ3) is 3.01. The number of likely N-dealkylation sites (tertiary alicyclic amines) is 2. The largest absolute Gasteiger partial charge is 0.325 e. The summed E-state index contributed by atoms with van der Waals surface area (Å²) in [4.78, 5) is 34.3. The van der Waals surface area contributed by atoms with E-state index >= 15 is 0 Å². The van der Waals surface area contributed by atoms with Gasteiger partial charge < -0.3 is 15.5 Å². The summed E-state index contributed by atoms with van der Waals surface area (Å²) in [6.45, 7) is 8.60. The molecule has 3 saturated heterocycles. The second-order valence-electron chi connectivity index (χ2n) is 7.62. The topological polar surface area (TPSA) is 98.0 Å². The molecule has 2 N–H and O–H groups in total. The van der Waals surface area contributed by atoms with E-state index in [-0.39, 0.29) is 29.9 Å². The number of carbonyl (C=O) groups excluding carboxylic acids is 2. The molecule has 0 aliphatic carbocycles. The van der Waals surface area contributed by atoms with Crippen molar-refractivity contribution >= 4 is 23.2 Å². The van der Waals surface area contributed by atoms with Crippen molar-refractivity contribution in [2.24, 2.45) is 5.73 Å². The quantitative estimate of drug-likeness (QED) is 0.784. The zero-order valence-electron chi connectivity index (χ0n) is 15.5. The number of hydrogen-bond acceptors (Lipinski definition) is 5. The predicted molar refractivity (Wildman–Crippen MR) is 102 cm³/mol. The van der Waals surface area contributed by atoms with Crippen LogP contribution in [0.1, 0.15) is 19.3 Å². The Labute approximate surface area is 163 Å². The molecule has 1 unspecified atom stereocenters. The molecular weight excluding hydrogens is 356 g/mol. The van der Waals surface area contributed by atoms with Crippen LogP contribution in [0, 0.1) is 17.9 Å². The first-order valence-electron chi connectivity index (χ1n) is 9.54. The highest BCUT2D eigenvalue weighted by atomic mass is 16.2. The predicted octanol–water partition coefficient (Wildman–Crippen LogP) is 0.869. The molecule has 3 fully saturated rings. The zero-order valence-corrected chi connectivity index (χ0v) is 15.5. The summed E-state index contributed by atoms with van der Waals surface area (Å²) in [5.74, 6) is -0.187.